The van der Waals surface area contributed by atoms with Gasteiger partial charge in [0.1, 0.15) is 11.5 Å². The number of nitriles is 1. The Labute approximate surface area is 171 Å². The topological polar surface area (TPSA) is 60.9 Å². The lowest BCUT2D eigenvalue weighted by Gasteiger charge is -2.42. The molecule has 3 aromatic carbocycles. The van der Waals surface area contributed by atoms with Crippen molar-refractivity contribution >= 4 is 28.4 Å². The summed E-state index contributed by atoms with van der Waals surface area (Å²) in [6.45, 7) is 0. The van der Waals surface area contributed by atoms with Gasteiger partial charge < -0.3 is 0 Å². The summed E-state index contributed by atoms with van der Waals surface area (Å²) in [6.07, 6.45) is 0. The summed E-state index contributed by atoms with van der Waals surface area (Å²) in [5.41, 5.74) is 2.38. The van der Waals surface area contributed by atoms with Crippen LogP contribution < -0.4 is 0 Å². The molecule has 4 nitrogen and oxygen atoms in total. The molecule has 1 unspecified atom stereocenters. The van der Waals surface area contributed by atoms with Gasteiger partial charge in [-0.05, 0) is 39.3 Å². The Bertz CT molecular complexity index is 943. The zero-order chi connectivity index (χ0) is 18.7. The lowest BCUT2D eigenvalue weighted by molar-refractivity contribution is 0.470. The summed E-state index contributed by atoms with van der Waals surface area (Å²) in [6, 6.07) is 32.5. The molecule has 0 saturated carbocycles. The van der Waals surface area contributed by atoms with Crippen molar-refractivity contribution in [3.05, 3.63) is 108 Å². The smallest absolute Gasteiger partial charge is 0.212 e. The Balaban J connectivity index is 2.14. The number of amidine groups is 1. The van der Waals surface area contributed by atoms with Gasteiger partial charge in [-0.1, -0.05) is 91.0 Å². The molecule has 0 aromatic heterocycles. The SMILES string of the molecule is N#CC1=NC(I)(C(c2ccccc2)(c2ccccc2)c2ccccc2)N=N1. The van der Waals surface area contributed by atoms with Crippen molar-refractivity contribution in [2.24, 2.45) is 15.2 Å². The number of halogens is 1. The van der Waals surface area contributed by atoms with Gasteiger partial charge in [0.25, 0.3) is 5.84 Å². The number of hydrogen-bond donors (Lipinski definition) is 0. The fraction of sp³-hybridized carbons (Fsp3) is 0.0909. The highest BCUT2D eigenvalue weighted by Gasteiger charge is 2.56. The van der Waals surface area contributed by atoms with E-state index in [1.165, 1.54) is 0 Å². The van der Waals surface area contributed by atoms with E-state index in [0.717, 1.165) is 16.7 Å². The van der Waals surface area contributed by atoms with Crippen molar-refractivity contribution in [3.8, 4) is 6.07 Å². The van der Waals surface area contributed by atoms with E-state index in [0.29, 0.717) is 0 Å². The lowest BCUT2D eigenvalue weighted by atomic mass is 9.67. The molecule has 1 heterocycles. The van der Waals surface area contributed by atoms with E-state index in [2.05, 4.69) is 74.2 Å². The number of hydrogen-bond acceptors (Lipinski definition) is 4. The molecule has 1 aliphatic heterocycles. The van der Waals surface area contributed by atoms with Crippen molar-refractivity contribution < 1.29 is 0 Å². The van der Waals surface area contributed by atoms with Crippen LogP contribution in [0.3, 0.4) is 0 Å². The van der Waals surface area contributed by atoms with E-state index in [1.807, 2.05) is 60.7 Å². The maximum atomic E-state index is 9.34. The molecule has 0 bridgehead atoms. The van der Waals surface area contributed by atoms with E-state index in [1.54, 1.807) is 0 Å². The minimum absolute atomic E-state index is 0.0940. The highest BCUT2D eigenvalue weighted by Crippen LogP contribution is 2.54. The predicted octanol–water partition coefficient (Wildman–Crippen LogP) is 5.50. The van der Waals surface area contributed by atoms with Crippen molar-refractivity contribution in [2.45, 2.75) is 9.08 Å². The monoisotopic (exact) mass is 462 g/mol. The Morgan fingerprint density at radius 2 is 1.15 bits per heavy atom. The molecular formula is C22H15IN4. The third-order valence-electron chi connectivity index (χ3n) is 4.73. The van der Waals surface area contributed by atoms with Crippen molar-refractivity contribution in [3.63, 3.8) is 0 Å². The van der Waals surface area contributed by atoms with Gasteiger partial charge in [0, 0.05) is 0 Å². The lowest BCUT2D eigenvalue weighted by Crippen LogP contribution is -2.46. The molecule has 0 N–H and O–H groups in total. The molecular weight excluding hydrogens is 447 g/mol. The van der Waals surface area contributed by atoms with Crippen molar-refractivity contribution in [1.82, 2.24) is 0 Å². The van der Waals surface area contributed by atoms with Gasteiger partial charge in [0.15, 0.2) is 0 Å². The summed E-state index contributed by atoms with van der Waals surface area (Å²) in [5.74, 6) is 0.0940. The minimum atomic E-state index is -1.01. The summed E-state index contributed by atoms with van der Waals surface area (Å²) in [7, 11) is 0. The maximum absolute atomic E-state index is 9.34. The summed E-state index contributed by atoms with van der Waals surface area (Å²) < 4.78 is -1.01. The van der Waals surface area contributed by atoms with Crippen LogP contribution in [0.5, 0.6) is 0 Å². The highest BCUT2D eigenvalue weighted by atomic mass is 127. The Kier molecular flexibility index (Phi) is 4.58. The largest absolute Gasteiger partial charge is 0.251 e. The zero-order valence-electron chi connectivity index (χ0n) is 14.3. The van der Waals surface area contributed by atoms with Gasteiger partial charge in [-0.3, -0.25) is 0 Å². The molecule has 0 spiro atoms. The van der Waals surface area contributed by atoms with Crippen LogP contribution >= 0.6 is 22.6 Å². The Hall–Kier alpha value is -2.85. The van der Waals surface area contributed by atoms with E-state index >= 15 is 0 Å². The molecule has 3 aromatic rings. The Morgan fingerprint density at radius 1 is 0.741 bits per heavy atom. The number of benzene rings is 3. The molecule has 0 saturated heterocycles. The zero-order valence-corrected chi connectivity index (χ0v) is 16.5. The molecule has 130 valence electrons. The van der Waals surface area contributed by atoms with Gasteiger partial charge in [-0.25, -0.2) is 4.99 Å². The van der Waals surface area contributed by atoms with Crippen LogP contribution in [0.2, 0.25) is 0 Å². The van der Waals surface area contributed by atoms with Gasteiger partial charge in [0.2, 0.25) is 3.67 Å². The fourth-order valence-corrected chi connectivity index (χ4v) is 4.89. The van der Waals surface area contributed by atoms with Crippen molar-refractivity contribution in [1.29, 1.82) is 5.26 Å². The normalized spacial score (nSPS) is 18.7. The van der Waals surface area contributed by atoms with Crippen LogP contribution in [0.15, 0.2) is 106 Å². The van der Waals surface area contributed by atoms with E-state index in [4.69, 9.17) is 0 Å². The molecule has 5 heteroatoms. The van der Waals surface area contributed by atoms with Crippen LogP contribution in [0.1, 0.15) is 16.7 Å². The first-order valence-electron chi connectivity index (χ1n) is 8.49. The van der Waals surface area contributed by atoms with Gasteiger partial charge in [-0.2, -0.15) is 5.26 Å². The molecule has 0 aliphatic carbocycles. The molecule has 1 aliphatic rings. The highest BCUT2D eigenvalue weighted by molar-refractivity contribution is 14.1. The quantitative estimate of drug-likeness (QED) is 0.219. The number of aliphatic imine (C=N–C) groups is 1. The maximum Gasteiger partial charge on any atom is 0.251 e. The van der Waals surface area contributed by atoms with Gasteiger partial charge in [0.05, 0.1) is 0 Å². The number of alkyl halides is 1. The van der Waals surface area contributed by atoms with Crippen LogP contribution in [-0.2, 0) is 5.41 Å². The second-order valence-electron chi connectivity index (χ2n) is 6.18. The number of azo groups is 1. The molecule has 27 heavy (non-hydrogen) atoms. The summed E-state index contributed by atoms with van der Waals surface area (Å²) in [4.78, 5) is 4.65. The second kappa shape index (κ2) is 7.05. The summed E-state index contributed by atoms with van der Waals surface area (Å²) >= 11 is 2.23. The van der Waals surface area contributed by atoms with Gasteiger partial charge >= 0.3 is 0 Å². The summed E-state index contributed by atoms with van der Waals surface area (Å²) in [5, 5.41) is 17.9. The first-order chi connectivity index (χ1) is 13.2. The van der Waals surface area contributed by atoms with E-state index in [-0.39, 0.29) is 5.84 Å². The molecule has 1 atom stereocenters. The third kappa shape index (κ3) is 2.77. The van der Waals surface area contributed by atoms with Crippen LogP contribution in [0.25, 0.3) is 0 Å². The molecule has 0 fully saturated rings. The van der Waals surface area contributed by atoms with Crippen LogP contribution in [0.4, 0.5) is 0 Å². The number of nitrogens with zero attached hydrogens (tertiary/aromatic N) is 4. The minimum Gasteiger partial charge on any atom is -0.212 e. The fourth-order valence-electron chi connectivity index (χ4n) is 3.62. The average Bonchev–Trinajstić information content (AvgIpc) is 3.13. The van der Waals surface area contributed by atoms with E-state index in [9.17, 15) is 5.26 Å². The van der Waals surface area contributed by atoms with Crippen molar-refractivity contribution in [2.75, 3.05) is 0 Å². The molecule has 4 rings (SSSR count). The average molecular weight is 462 g/mol. The second-order valence-corrected chi connectivity index (χ2v) is 7.69. The van der Waals surface area contributed by atoms with Crippen LogP contribution in [0, 0.1) is 11.3 Å². The van der Waals surface area contributed by atoms with Crippen LogP contribution in [-0.4, -0.2) is 9.51 Å². The third-order valence-corrected chi connectivity index (χ3v) is 5.99. The predicted molar refractivity (Wildman–Crippen MR) is 114 cm³/mol. The van der Waals surface area contributed by atoms with E-state index < -0.39 is 9.08 Å². The first kappa shape index (κ1) is 17.6. The molecule has 0 amide bonds. The standard InChI is InChI=1S/C22H15IN4/c23-22(25-20(16-24)26-27-22)21(17-10-4-1-5-11-17,18-12-6-2-7-13-18)19-14-8-3-9-15-19/h1-15H. The van der Waals surface area contributed by atoms with Gasteiger partial charge in [-0.15, -0.1) is 10.2 Å². The molecule has 0 radical (unpaired) electrons. The Morgan fingerprint density at radius 3 is 1.48 bits per heavy atom. The first-order valence-corrected chi connectivity index (χ1v) is 9.57. The number of rotatable bonds is 4.